The van der Waals surface area contributed by atoms with Gasteiger partial charge in [-0.3, -0.25) is 9.20 Å². The third kappa shape index (κ3) is 3.08. The fourth-order valence-electron chi connectivity index (χ4n) is 2.79. The number of aromatic nitrogens is 2. The highest BCUT2D eigenvalue weighted by Crippen LogP contribution is 2.28. The molecule has 0 saturated carbocycles. The average molecular weight is 341 g/mol. The Balaban J connectivity index is 1.92. The summed E-state index contributed by atoms with van der Waals surface area (Å²) in [5, 5.41) is 0. The molecule has 0 N–H and O–H groups in total. The summed E-state index contributed by atoms with van der Waals surface area (Å²) >= 11 is 1.49. The standard InChI is InChI=1S/C19H23N3OS/c1-4-6-12-21(5-2)18(23)17-14(3)22-13-16(20-19(22)24-17)15-10-8-7-9-11-15/h7-11,13H,4-6,12H2,1-3H3. The molecule has 0 aliphatic heterocycles. The van der Waals surface area contributed by atoms with Crippen LogP contribution in [0.25, 0.3) is 16.2 Å². The third-order valence-corrected chi connectivity index (χ3v) is 5.42. The number of aryl methyl sites for hydroxylation is 1. The molecule has 0 radical (unpaired) electrons. The molecule has 5 heteroatoms. The minimum Gasteiger partial charge on any atom is -0.338 e. The van der Waals surface area contributed by atoms with Crippen LogP contribution in [0.5, 0.6) is 0 Å². The van der Waals surface area contributed by atoms with E-state index in [4.69, 9.17) is 4.98 Å². The maximum Gasteiger partial charge on any atom is 0.265 e. The largest absolute Gasteiger partial charge is 0.338 e. The van der Waals surface area contributed by atoms with Crippen molar-refractivity contribution in [3.63, 3.8) is 0 Å². The van der Waals surface area contributed by atoms with Gasteiger partial charge in [0.2, 0.25) is 0 Å². The highest BCUT2D eigenvalue weighted by Gasteiger charge is 2.21. The van der Waals surface area contributed by atoms with Gasteiger partial charge < -0.3 is 4.90 Å². The molecule has 24 heavy (non-hydrogen) atoms. The Labute approximate surface area is 146 Å². The summed E-state index contributed by atoms with van der Waals surface area (Å²) in [4.78, 5) is 21.1. The quantitative estimate of drug-likeness (QED) is 0.655. The molecule has 0 unspecified atom stereocenters. The Kier molecular flexibility index (Phi) is 5.00. The van der Waals surface area contributed by atoms with Crippen LogP contribution < -0.4 is 0 Å². The Bertz CT molecular complexity index is 835. The number of fused-ring (bicyclic) bond motifs is 1. The molecule has 1 amide bonds. The molecule has 126 valence electrons. The smallest absolute Gasteiger partial charge is 0.265 e. The van der Waals surface area contributed by atoms with E-state index < -0.39 is 0 Å². The van der Waals surface area contributed by atoms with E-state index in [1.807, 2.05) is 47.5 Å². The molecule has 1 aromatic carbocycles. The molecule has 4 nitrogen and oxygen atoms in total. The second kappa shape index (κ2) is 7.18. The summed E-state index contributed by atoms with van der Waals surface area (Å²) in [5.74, 6) is 0.125. The van der Waals surface area contributed by atoms with Gasteiger partial charge in [-0.15, -0.1) is 0 Å². The first-order valence-electron chi connectivity index (χ1n) is 8.48. The number of hydrogen-bond acceptors (Lipinski definition) is 3. The monoisotopic (exact) mass is 341 g/mol. The number of nitrogens with zero attached hydrogens (tertiary/aromatic N) is 3. The van der Waals surface area contributed by atoms with E-state index in [1.54, 1.807) is 0 Å². The first-order chi connectivity index (χ1) is 11.7. The molecule has 3 aromatic rings. The van der Waals surface area contributed by atoms with Crippen molar-refractivity contribution in [2.24, 2.45) is 0 Å². The molecular weight excluding hydrogens is 318 g/mol. The predicted molar refractivity (Wildman–Crippen MR) is 99.7 cm³/mol. The first-order valence-corrected chi connectivity index (χ1v) is 9.30. The first kappa shape index (κ1) is 16.7. The van der Waals surface area contributed by atoms with Gasteiger partial charge in [-0.05, 0) is 20.3 Å². The fraction of sp³-hybridized carbons (Fsp3) is 0.368. The van der Waals surface area contributed by atoms with Crippen LogP contribution in [-0.4, -0.2) is 33.3 Å². The molecular formula is C19H23N3OS. The van der Waals surface area contributed by atoms with Crippen LogP contribution in [0.3, 0.4) is 0 Å². The lowest BCUT2D eigenvalue weighted by molar-refractivity contribution is 0.0766. The zero-order valence-electron chi connectivity index (χ0n) is 14.5. The van der Waals surface area contributed by atoms with Crippen molar-refractivity contribution in [1.82, 2.24) is 14.3 Å². The minimum atomic E-state index is 0.125. The van der Waals surface area contributed by atoms with Gasteiger partial charge in [0.1, 0.15) is 4.88 Å². The molecule has 0 atom stereocenters. The number of hydrogen-bond donors (Lipinski definition) is 0. The van der Waals surface area contributed by atoms with Crippen molar-refractivity contribution < 1.29 is 4.79 Å². The number of amides is 1. The summed E-state index contributed by atoms with van der Waals surface area (Å²) in [6.07, 6.45) is 4.16. The predicted octanol–water partition coefficient (Wildman–Crippen LogP) is 4.63. The maximum absolute atomic E-state index is 12.8. The lowest BCUT2D eigenvalue weighted by Crippen LogP contribution is -2.31. The molecule has 0 aliphatic rings. The zero-order chi connectivity index (χ0) is 17.1. The van der Waals surface area contributed by atoms with E-state index >= 15 is 0 Å². The number of carbonyl (C=O) groups is 1. The number of rotatable bonds is 6. The molecule has 2 heterocycles. The van der Waals surface area contributed by atoms with E-state index in [-0.39, 0.29) is 5.91 Å². The summed E-state index contributed by atoms with van der Waals surface area (Å²) < 4.78 is 2.04. The lowest BCUT2D eigenvalue weighted by Gasteiger charge is -2.20. The van der Waals surface area contributed by atoms with Crippen molar-refractivity contribution in [2.75, 3.05) is 13.1 Å². The number of unbranched alkanes of at least 4 members (excludes halogenated alkanes) is 1. The summed E-state index contributed by atoms with van der Waals surface area (Å²) in [6, 6.07) is 10.1. The van der Waals surface area contributed by atoms with Gasteiger partial charge in [0.05, 0.1) is 5.69 Å². The van der Waals surface area contributed by atoms with E-state index in [0.29, 0.717) is 0 Å². The highest BCUT2D eigenvalue weighted by molar-refractivity contribution is 7.19. The van der Waals surface area contributed by atoms with Gasteiger partial charge in [-0.1, -0.05) is 55.0 Å². The molecule has 3 rings (SSSR count). The van der Waals surface area contributed by atoms with Crippen LogP contribution in [0.15, 0.2) is 36.5 Å². The van der Waals surface area contributed by atoms with Crippen LogP contribution in [0.2, 0.25) is 0 Å². The van der Waals surface area contributed by atoms with Gasteiger partial charge in [0.15, 0.2) is 4.96 Å². The van der Waals surface area contributed by atoms with Crippen LogP contribution in [0, 0.1) is 6.92 Å². The van der Waals surface area contributed by atoms with E-state index in [2.05, 4.69) is 19.1 Å². The summed E-state index contributed by atoms with van der Waals surface area (Å²) in [6.45, 7) is 7.75. The van der Waals surface area contributed by atoms with Crippen molar-refractivity contribution in [2.45, 2.75) is 33.6 Å². The van der Waals surface area contributed by atoms with E-state index in [1.165, 1.54) is 11.3 Å². The van der Waals surface area contributed by atoms with Crippen LogP contribution in [-0.2, 0) is 0 Å². The Morgan fingerprint density at radius 1 is 1.25 bits per heavy atom. The highest BCUT2D eigenvalue weighted by atomic mass is 32.1. The van der Waals surface area contributed by atoms with Crippen molar-refractivity contribution in [3.8, 4) is 11.3 Å². The number of thiazole rings is 1. The summed E-state index contributed by atoms with van der Waals surface area (Å²) in [5.41, 5.74) is 3.02. The topological polar surface area (TPSA) is 37.6 Å². The zero-order valence-corrected chi connectivity index (χ0v) is 15.3. The molecule has 2 aromatic heterocycles. The van der Waals surface area contributed by atoms with Crippen molar-refractivity contribution in [3.05, 3.63) is 47.1 Å². The second-order valence-corrected chi connectivity index (χ2v) is 6.88. The summed E-state index contributed by atoms with van der Waals surface area (Å²) in [7, 11) is 0. The number of carbonyl (C=O) groups excluding carboxylic acids is 1. The van der Waals surface area contributed by atoms with E-state index in [0.717, 1.165) is 52.7 Å². The van der Waals surface area contributed by atoms with Gasteiger partial charge in [-0.2, -0.15) is 0 Å². The SMILES string of the molecule is CCCCN(CC)C(=O)c1sc2nc(-c3ccccc3)cn2c1C. The molecule has 0 spiro atoms. The van der Waals surface area contributed by atoms with Gasteiger partial charge >= 0.3 is 0 Å². The lowest BCUT2D eigenvalue weighted by atomic mass is 10.2. The number of benzene rings is 1. The minimum absolute atomic E-state index is 0.125. The average Bonchev–Trinajstić information content (AvgIpc) is 3.16. The Morgan fingerprint density at radius 2 is 2.00 bits per heavy atom. The van der Waals surface area contributed by atoms with Crippen LogP contribution in [0.1, 0.15) is 42.1 Å². The molecule has 0 fully saturated rings. The second-order valence-electron chi connectivity index (χ2n) is 5.90. The Hall–Kier alpha value is -2.14. The maximum atomic E-state index is 12.8. The number of imidazole rings is 1. The van der Waals surface area contributed by atoms with Crippen LogP contribution in [0.4, 0.5) is 0 Å². The normalized spacial score (nSPS) is 11.1. The fourth-order valence-corrected chi connectivity index (χ4v) is 3.87. The molecule has 0 bridgehead atoms. The van der Waals surface area contributed by atoms with Gasteiger partial charge in [0.25, 0.3) is 5.91 Å². The van der Waals surface area contributed by atoms with E-state index in [9.17, 15) is 4.79 Å². The third-order valence-electron chi connectivity index (χ3n) is 4.27. The van der Waals surface area contributed by atoms with Crippen molar-refractivity contribution >= 4 is 22.2 Å². The van der Waals surface area contributed by atoms with Gasteiger partial charge in [0, 0.05) is 30.5 Å². The van der Waals surface area contributed by atoms with Gasteiger partial charge in [-0.25, -0.2) is 4.98 Å². The molecule has 0 aliphatic carbocycles. The molecule has 0 saturated heterocycles. The Morgan fingerprint density at radius 3 is 2.62 bits per heavy atom. The van der Waals surface area contributed by atoms with Crippen molar-refractivity contribution in [1.29, 1.82) is 0 Å². The van der Waals surface area contributed by atoms with Crippen LogP contribution >= 0.6 is 11.3 Å².